The lowest BCUT2D eigenvalue weighted by Crippen LogP contribution is -2.23. The standard InChI is InChI=1S/C12H20N4.2ClH/c1-3-15-12(14)16-11-5-4-10(6-7-13)8-9(11)2;;/h4-5,8H,3,6-7,13H2,1-2H3,(H3,14,15,16);2*1H. The zero-order chi connectivity index (χ0) is 12.0. The minimum absolute atomic E-state index is 0. The van der Waals surface area contributed by atoms with Crippen molar-refractivity contribution in [3.63, 3.8) is 0 Å². The van der Waals surface area contributed by atoms with Crippen LogP contribution in [-0.2, 0) is 6.42 Å². The van der Waals surface area contributed by atoms with E-state index < -0.39 is 0 Å². The number of hydrogen-bond acceptors (Lipinski definition) is 2. The summed E-state index contributed by atoms with van der Waals surface area (Å²) in [4.78, 5) is 4.08. The Labute approximate surface area is 121 Å². The van der Waals surface area contributed by atoms with Crippen LogP contribution in [0.1, 0.15) is 18.1 Å². The van der Waals surface area contributed by atoms with Gasteiger partial charge in [-0.1, -0.05) is 12.1 Å². The van der Waals surface area contributed by atoms with Gasteiger partial charge < -0.3 is 16.8 Å². The quantitative estimate of drug-likeness (QED) is 0.587. The highest BCUT2D eigenvalue weighted by atomic mass is 35.5. The van der Waals surface area contributed by atoms with Gasteiger partial charge in [0, 0.05) is 12.2 Å². The second-order valence-corrected chi connectivity index (χ2v) is 3.67. The van der Waals surface area contributed by atoms with Crippen molar-refractivity contribution in [1.82, 2.24) is 0 Å². The van der Waals surface area contributed by atoms with E-state index in [1.54, 1.807) is 0 Å². The van der Waals surface area contributed by atoms with E-state index in [1.165, 1.54) is 5.56 Å². The molecule has 18 heavy (non-hydrogen) atoms. The summed E-state index contributed by atoms with van der Waals surface area (Å²) in [5.74, 6) is 0.456. The van der Waals surface area contributed by atoms with Crippen molar-refractivity contribution in [2.45, 2.75) is 20.3 Å². The molecule has 0 aliphatic carbocycles. The molecule has 0 heterocycles. The van der Waals surface area contributed by atoms with E-state index in [9.17, 15) is 0 Å². The van der Waals surface area contributed by atoms with E-state index in [0.717, 1.165) is 17.7 Å². The summed E-state index contributed by atoms with van der Waals surface area (Å²) in [6.07, 6.45) is 0.902. The minimum Gasteiger partial charge on any atom is -0.370 e. The third-order valence-corrected chi connectivity index (χ3v) is 2.32. The largest absolute Gasteiger partial charge is 0.370 e. The third-order valence-electron chi connectivity index (χ3n) is 2.32. The predicted octanol–water partition coefficient (Wildman–Crippen LogP) is 2.09. The first-order valence-electron chi connectivity index (χ1n) is 5.54. The van der Waals surface area contributed by atoms with Crippen LogP contribution in [0.4, 0.5) is 5.69 Å². The molecule has 0 unspecified atom stereocenters. The monoisotopic (exact) mass is 292 g/mol. The number of aryl methyl sites for hydroxylation is 1. The van der Waals surface area contributed by atoms with Gasteiger partial charge in [0.25, 0.3) is 0 Å². The molecule has 0 saturated heterocycles. The van der Waals surface area contributed by atoms with Crippen molar-refractivity contribution in [3.8, 4) is 0 Å². The molecule has 4 nitrogen and oxygen atoms in total. The molecule has 0 fully saturated rings. The summed E-state index contributed by atoms with van der Waals surface area (Å²) < 4.78 is 0. The van der Waals surface area contributed by atoms with E-state index in [1.807, 2.05) is 19.9 Å². The van der Waals surface area contributed by atoms with Crippen LogP contribution < -0.4 is 16.8 Å². The van der Waals surface area contributed by atoms with Crippen molar-refractivity contribution in [2.75, 3.05) is 18.4 Å². The molecular formula is C12H22Cl2N4. The average molecular weight is 293 g/mol. The first-order chi connectivity index (χ1) is 7.67. The number of halogens is 2. The third kappa shape index (κ3) is 6.10. The molecule has 0 saturated carbocycles. The van der Waals surface area contributed by atoms with Gasteiger partial charge in [0.05, 0.1) is 0 Å². The van der Waals surface area contributed by atoms with Crippen molar-refractivity contribution in [1.29, 1.82) is 0 Å². The lowest BCUT2D eigenvalue weighted by Gasteiger charge is -2.10. The normalized spacial score (nSPS) is 10.3. The summed E-state index contributed by atoms with van der Waals surface area (Å²) >= 11 is 0. The van der Waals surface area contributed by atoms with Gasteiger partial charge in [0.2, 0.25) is 0 Å². The fourth-order valence-electron chi connectivity index (χ4n) is 1.54. The fourth-order valence-corrected chi connectivity index (χ4v) is 1.54. The van der Waals surface area contributed by atoms with Crippen LogP contribution in [0.5, 0.6) is 0 Å². The molecule has 5 N–H and O–H groups in total. The Hall–Kier alpha value is -0.970. The molecule has 1 aromatic rings. The Morgan fingerprint density at radius 2 is 2.00 bits per heavy atom. The van der Waals surface area contributed by atoms with Crippen LogP contribution in [0.3, 0.4) is 0 Å². The molecule has 0 spiro atoms. The van der Waals surface area contributed by atoms with E-state index in [4.69, 9.17) is 11.5 Å². The number of anilines is 1. The number of hydrogen-bond donors (Lipinski definition) is 3. The number of rotatable bonds is 4. The zero-order valence-corrected chi connectivity index (χ0v) is 12.4. The number of nitrogens with two attached hydrogens (primary N) is 2. The van der Waals surface area contributed by atoms with Crippen molar-refractivity contribution in [3.05, 3.63) is 29.3 Å². The first kappa shape index (κ1) is 19.4. The number of guanidine groups is 1. The predicted molar refractivity (Wildman–Crippen MR) is 84.2 cm³/mol. The number of benzene rings is 1. The molecule has 0 atom stereocenters. The molecular weight excluding hydrogens is 271 g/mol. The SMILES string of the molecule is CCN=C(N)Nc1ccc(CCN)cc1C.Cl.Cl. The molecule has 0 aromatic heterocycles. The van der Waals surface area contributed by atoms with Gasteiger partial charge in [0.1, 0.15) is 0 Å². The van der Waals surface area contributed by atoms with Gasteiger partial charge in [-0.15, -0.1) is 24.8 Å². The molecule has 0 aliphatic heterocycles. The Bertz CT molecular complexity index is 380. The Balaban J connectivity index is 0. The lowest BCUT2D eigenvalue weighted by molar-refractivity contribution is 0.967. The maximum Gasteiger partial charge on any atom is 0.193 e. The summed E-state index contributed by atoms with van der Waals surface area (Å²) in [7, 11) is 0. The molecule has 1 rings (SSSR count). The average Bonchev–Trinajstić information content (AvgIpc) is 2.23. The topological polar surface area (TPSA) is 76.4 Å². The molecule has 1 aromatic carbocycles. The van der Waals surface area contributed by atoms with Gasteiger partial charge in [-0.05, 0) is 44.0 Å². The van der Waals surface area contributed by atoms with Crippen LogP contribution in [0.25, 0.3) is 0 Å². The van der Waals surface area contributed by atoms with E-state index >= 15 is 0 Å². The van der Waals surface area contributed by atoms with Crippen molar-refractivity contribution >= 4 is 36.5 Å². The lowest BCUT2D eigenvalue weighted by atomic mass is 10.1. The van der Waals surface area contributed by atoms with Gasteiger partial charge in [-0.3, -0.25) is 4.99 Å². The maximum atomic E-state index is 5.70. The number of nitrogens with one attached hydrogen (secondary N) is 1. The van der Waals surface area contributed by atoms with Crippen molar-refractivity contribution in [2.24, 2.45) is 16.5 Å². The van der Waals surface area contributed by atoms with E-state index in [2.05, 4.69) is 22.4 Å². The van der Waals surface area contributed by atoms with Gasteiger partial charge in [0.15, 0.2) is 5.96 Å². The molecule has 104 valence electrons. The van der Waals surface area contributed by atoms with Crippen LogP contribution >= 0.6 is 24.8 Å². The zero-order valence-electron chi connectivity index (χ0n) is 10.8. The van der Waals surface area contributed by atoms with Crippen LogP contribution in [0, 0.1) is 6.92 Å². The van der Waals surface area contributed by atoms with Crippen LogP contribution in [0.2, 0.25) is 0 Å². The smallest absolute Gasteiger partial charge is 0.193 e. The Morgan fingerprint density at radius 3 is 2.50 bits per heavy atom. The van der Waals surface area contributed by atoms with E-state index in [0.29, 0.717) is 19.0 Å². The van der Waals surface area contributed by atoms with Crippen LogP contribution in [0.15, 0.2) is 23.2 Å². The highest BCUT2D eigenvalue weighted by Crippen LogP contribution is 2.16. The summed E-state index contributed by atoms with van der Waals surface area (Å²) in [6, 6.07) is 6.19. The summed E-state index contributed by atoms with van der Waals surface area (Å²) in [5.41, 5.74) is 14.6. The number of aliphatic imine (C=N–C) groups is 1. The van der Waals surface area contributed by atoms with Gasteiger partial charge in [-0.2, -0.15) is 0 Å². The Morgan fingerprint density at radius 1 is 1.33 bits per heavy atom. The van der Waals surface area contributed by atoms with Crippen LogP contribution in [-0.4, -0.2) is 19.0 Å². The fraction of sp³-hybridized carbons (Fsp3) is 0.417. The second-order valence-electron chi connectivity index (χ2n) is 3.67. The highest BCUT2D eigenvalue weighted by molar-refractivity contribution is 5.92. The van der Waals surface area contributed by atoms with Gasteiger partial charge >= 0.3 is 0 Å². The van der Waals surface area contributed by atoms with Crippen molar-refractivity contribution < 1.29 is 0 Å². The van der Waals surface area contributed by atoms with E-state index in [-0.39, 0.29) is 24.8 Å². The summed E-state index contributed by atoms with van der Waals surface area (Å²) in [6.45, 7) is 5.35. The molecule has 6 heteroatoms. The molecule has 0 aliphatic rings. The van der Waals surface area contributed by atoms with Gasteiger partial charge in [-0.25, -0.2) is 0 Å². The molecule has 0 bridgehead atoms. The Kier molecular flexibility index (Phi) is 10.8. The first-order valence-corrected chi connectivity index (χ1v) is 5.54. The minimum atomic E-state index is 0. The molecule has 0 amide bonds. The summed E-state index contributed by atoms with van der Waals surface area (Å²) in [5, 5.41) is 3.08. The maximum absolute atomic E-state index is 5.70. The second kappa shape index (κ2) is 10.00. The molecule has 0 radical (unpaired) electrons. The number of nitrogens with zero attached hydrogens (tertiary/aromatic N) is 1. The highest BCUT2D eigenvalue weighted by Gasteiger charge is 2.00.